The lowest BCUT2D eigenvalue weighted by molar-refractivity contribution is 0.0950. The average Bonchev–Trinajstić information content (AvgIpc) is 3.11. The van der Waals surface area contributed by atoms with E-state index in [0.717, 1.165) is 18.7 Å². The van der Waals surface area contributed by atoms with Crippen LogP contribution >= 0.6 is 0 Å². The monoisotopic (exact) mass is 299 g/mol. The number of benzene rings is 1. The Hall–Kier alpha value is -1.81. The lowest BCUT2D eigenvalue weighted by Crippen LogP contribution is -2.33. The molecule has 0 unspecified atom stereocenters. The molecule has 4 nitrogen and oxygen atoms in total. The van der Waals surface area contributed by atoms with E-state index in [0.29, 0.717) is 0 Å². The molecular weight excluding hydrogens is 274 g/mol. The number of hydrogen-bond donors (Lipinski definition) is 1. The number of nitrogens with one attached hydrogen (secondary N) is 1. The van der Waals surface area contributed by atoms with E-state index in [1.165, 1.54) is 48.1 Å². The van der Waals surface area contributed by atoms with Crippen molar-refractivity contribution in [1.82, 2.24) is 14.8 Å². The number of carbonyl (C=O) groups is 1. The maximum atomic E-state index is 12.3. The van der Waals surface area contributed by atoms with Crippen LogP contribution in [0.15, 0.2) is 18.2 Å². The first-order valence-corrected chi connectivity index (χ1v) is 8.14. The van der Waals surface area contributed by atoms with Crippen LogP contribution in [0.1, 0.15) is 34.5 Å². The van der Waals surface area contributed by atoms with Gasteiger partial charge in [-0.1, -0.05) is 0 Å². The molecule has 1 aromatic heterocycles. The second-order valence-electron chi connectivity index (χ2n) is 6.31. The van der Waals surface area contributed by atoms with Crippen LogP contribution in [0.3, 0.4) is 0 Å². The number of carbonyl (C=O) groups excluding carboxylic acids is 1. The zero-order chi connectivity index (χ0) is 15.7. The Morgan fingerprint density at radius 3 is 2.68 bits per heavy atom. The molecule has 1 saturated heterocycles. The number of aromatic nitrogens is 1. The molecule has 3 rings (SSSR count). The van der Waals surface area contributed by atoms with Crippen LogP contribution in [-0.2, 0) is 7.05 Å². The number of rotatable bonds is 4. The Bertz CT molecular complexity index is 696. The van der Waals surface area contributed by atoms with Crippen LogP contribution in [0.2, 0.25) is 0 Å². The van der Waals surface area contributed by atoms with E-state index in [-0.39, 0.29) is 5.91 Å². The molecule has 1 aliphatic heterocycles. The summed E-state index contributed by atoms with van der Waals surface area (Å²) in [7, 11) is 2.07. The van der Waals surface area contributed by atoms with E-state index in [9.17, 15) is 4.79 Å². The van der Waals surface area contributed by atoms with E-state index < -0.39 is 0 Å². The van der Waals surface area contributed by atoms with Gasteiger partial charge in [0, 0.05) is 42.3 Å². The van der Waals surface area contributed by atoms with E-state index in [2.05, 4.69) is 35.7 Å². The maximum Gasteiger partial charge on any atom is 0.251 e. The number of aryl methyl sites for hydroxylation is 2. The van der Waals surface area contributed by atoms with Crippen LogP contribution < -0.4 is 5.32 Å². The van der Waals surface area contributed by atoms with Crippen molar-refractivity contribution < 1.29 is 4.79 Å². The zero-order valence-corrected chi connectivity index (χ0v) is 13.8. The van der Waals surface area contributed by atoms with Crippen molar-refractivity contribution in [3.63, 3.8) is 0 Å². The quantitative estimate of drug-likeness (QED) is 0.942. The molecular formula is C18H25N3O. The lowest BCUT2D eigenvalue weighted by Gasteiger charge is -2.14. The van der Waals surface area contributed by atoms with Gasteiger partial charge in [0.1, 0.15) is 0 Å². The average molecular weight is 299 g/mol. The number of likely N-dealkylation sites (tertiary alicyclic amines) is 1. The number of fused-ring (bicyclic) bond motifs is 1. The van der Waals surface area contributed by atoms with Gasteiger partial charge >= 0.3 is 0 Å². The first kappa shape index (κ1) is 15.1. The smallest absolute Gasteiger partial charge is 0.251 e. The van der Waals surface area contributed by atoms with Gasteiger partial charge in [-0.3, -0.25) is 4.79 Å². The summed E-state index contributed by atoms with van der Waals surface area (Å²) >= 11 is 0. The minimum absolute atomic E-state index is 0.0296. The Morgan fingerprint density at radius 1 is 1.23 bits per heavy atom. The predicted octanol–water partition coefficient (Wildman–Crippen LogP) is 2.62. The fourth-order valence-electron chi connectivity index (χ4n) is 3.33. The molecule has 0 spiro atoms. The van der Waals surface area contributed by atoms with Gasteiger partial charge in [-0.05, 0) is 63.5 Å². The Balaban J connectivity index is 1.69. The van der Waals surface area contributed by atoms with Gasteiger partial charge in [-0.25, -0.2) is 0 Å². The van der Waals surface area contributed by atoms with Crippen molar-refractivity contribution in [2.24, 2.45) is 7.05 Å². The standard InChI is InChI=1S/C18H25N3O/c1-13-14(2)20(3)17-7-6-15(12-16(13)17)18(22)19-8-11-21-9-4-5-10-21/h6-7,12H,4-5,8-11H2,1-3H3,(H,19,22). The third-order valence-corrected chi connectivity index (χ3v) is 4.98. The summed E-state index contributed by atoms with van der Waals surface area (Å²) in [6.45, 7) is 8.26. The first-order valence-electron chi connectivity index (χ1n) is 8.14. The third-order valence-electron chi connectivity index (χ3n) is 4.98. The maximum absolute atomic E-state index is 12.3. The molecule has 0 aliphatic carbocycles. The van der Waals surface area contributed by atoms with Gasteiger partial charge in [0.2, 0.25) is 0 Å². The summed E-state index contributed by atoms with van der Waals surface area (Å²) in [6.07, 6.45) is 2.58. The molecule has 1 aromatic carbocycles. The molecule has 1 aliphatic rings. The normalized spacial score (nSPS) is 15.6. The zero-order valence-electron chi connectivity index (χ0n) is 13.8. The van der Waals surface area contributed by atoms with Gasteiger partial charge in [0.15, 0.2) is 0 Å². The predicted molar refractivity (Wildman–Crippen MR) is 90.4 cm³/mol. The van der Waals surface area contributed by atoms with Crippen LogP contribution in [0.25, 0.3) is 10.9 Å². The van der Waals surface area contributed by atoms with Crippen molar-refractivity contribution in [1.29, 1.82) is 0 Å². The van der Waals surface area contributed by atoms with E-state index in [1.807, 2.05) is 18.2 Å². The molecule has 2 aromatic rings. The second-order valence-corrected chi connectivity index (χ2v) is 6.31. The molecule has 1 N–H and O–H groups in total. The number of nitrogens with zero attached hydrogens (tertiary/aromatic N) is 2. The van der Waals surface area contributed by atoms with E-state index in [1.54, 1.807) is 0 Å². The lowest BCUT2D eigenvalue weighted by atomic mass is 10.1. The Kier molecular flexibility index (Phi) is 4.21. The van der Waals surface area contributed by atoms with Crippen molar-refractivity contribution in [2.75, 3.05) is 26.2 Å². The van der Waals surface area contributed by atoms with Gasteiger partial charge in [-0.15, -0.1) is 0 Å². The van der Waals surface area contributed by atoms with Gasteiger partial charge in [0.05, 0.1) is 0 Å². The first-order chi connectivity index (χ1) is 10.6. The third kappa shape index (κ3) is 2.75. The van der Waals surface area contributed by atoms with Gasteiger partial charge in [-0.2, -0.15) is 0 Å². The highest BCUT2D eigenvalue weighted by molar-refractivity contribution is 5.99. The molecule has 1 fully saturated rings. The molecule has 118 valence electrons. The van der Waals surface area contributed by atoms with Gasteiger partial charge < -0.3 is 14.8 Å². The van der Waals surface area contributed by atoms with Crippen LogP contribution in [0, 0.1) is 13.8 Å². The molecule has 0 bridgehead atoms. The molecule has 1 amide bonds. The number of amides is 1. The van der Waals surface area contributed by atoms with Crippen LogP contribution in [-0.4, -0.2) is 41.6 Å². The van der Waals surface area contributed by atoms with Crippen molar-refractivity contribution >= 4 is 16.8 Å². The molecule has 0 atom stereocenters. The molecule has 0 saturated carbocycles. The molecule has 4 heteroatoms. The SMILES string of the molecule is Cc1c(C)n(C)c2ccc(C(=O)NCCN3CCCC3)cc12. The summed E-state index contributed by atoms with van der Waals surface area (Å²) in [6, 6.07) is 5.99. The van der Waals surface area contributed by atoms with Crippen LogP contribution in [0.5, 0.6) is 0 Å². The highest BCUT2D eigenvalue weighted by Crippen LogP contribution is 2.25. The minimum atomic E-state index is 0.0296. The largest absolute Gasteiger partial charge is 0.351 e. The van der Waals surface area contributed by atoms with Crippen molar-refractivity contribution in [3.05, 3.63) is 35.0 Å². The van der Waals surface area contributed by atoms with E-state index >= 15 is 0 Å². The molecule has 22 heavy (non-hydrogen) atoms. The summed E-state index contributed by atoms with van der Waals surface area (Å²) in [4.78, 5) is 14.7. The van der Waals surface area contributed by atoms with Gasteiger partial charge in [0.25, 0.3) is 5.91 Å². The summed E-state index contributed by atoms with van der Waals surface area (Å²) in [5.74, 6) is 0.0296. The van der Waals surface area contributed by atoms with Crippen molar-refractivity contribution in [3.8, 4) is 0 Å². The van der Waals surface area contributed by atoms with E-state index in [4.69, 9.17) is 0 Å². The fourth-order valence-corrected chi connectivity index (χ4v) is 3.33. The highest BCUT2D eigenvalue weighted by Gasteiger charge is 2.13. The van der Waals surface area contributed by atoms with Crippen LogP contribution in [0.4, 0.5) is 0 Å². The number of hydrogen-bond acceptors (Lipinski definition) is 2. The van der Waals surface area contributed by atoms with Crippen molar-refractivity contribution in [2.45, 2.75) is 26.7 Å². The Morgan fingerprint density at radius 2 is 1.95 bits per heavy atom. The Labute approximate surface area is 132 Å². The second kappa shape index (κ2) is 6.13. The summed E-state index contributed by atoms with van der Waals surface area (Å²) < 4.78 is 2.18. The fraction of sp³-hybridized carbons (Fsp3) is 0.500. The summed E-state index contributed by atoms with van der Waals surface area (Å²) in [5, 5.41) is 4.22. The topological polar surface area (TPSA) is 37.3 Å². The molecule has 2 heterocycles. The molecule has 0 radical (unpaired) electrons. The highest BCUT2D eigenvalue weighted by atomic mass is 16.1. The minimum Gasteiger partial charge on any atom is -0.351 e. The summed E-state index contributed by atoms with van der Waals surface area (Å²) in [5.41, 5.74) is 4.44.